The number of halogens is 3. The van der Waals surface area contributed by atoms with E-state index in [9.17, 15) is 23.8 Å². The van der Waals surface area contributed by atoms with Gasteiger partial charge in [-0.05, 0) is 60.1 Å². The highest BCUT2D eigenvalue weighted by Gasteiger charge is 2.32. The monoisotopic (exact) mass is 489 g/mol. The van der Waals surface area contributed by atoms with Gasteiger partial charge in [-0.15, -0.1) is 0 Å². The number of benzene rings is 1. The lowest BCUT2D eigenvalue weighted by Crippen LogP contribution is -2.51. The molecular weight excluding hydrogens is 471 g/mol. The summed E-state index contributed by atoms with van der Waals surface area (Å²) in [5.74, 6) is -2.21. The predicted molar refractivity (Wildman–Crippen MR) is 104 cm³/mol. The van der Waals surface area contributed by atoms with Crippen LogP contribution in [0.1, 0.15) is 29.6 Å². The number of pyridine rings is 1. The zero-order chi connectivity index (χ0) is 19.6. The number of anilines is 2. The molecule has 27 heavy (non-hydrogen) atoms. The number of hydrogen-bond acceptors (Lipinski definition) is 5. The molecule has 6 nitrogen and oxygen atoms in total. The molecule has 9 heteroatoms. The molecule has 1 amide bonds. The van der Waals surface area contributed by atoms with E-state index in [4.69, 9.17) is 0 Å². The highest BCUT2D eigenvalue weighted by atomic mass is 127. The van der Waals surface area contributed by atoms with E-state index in [0.717, 1.165) is 6.20 Å². The maximum Gasteiger partial charge on any atom is 0.256 e. The smallest absolute Gasteiger partial charge is 0.256 e. The Morgan fingerprint density at radius 3 is 2.67 bits per heavy atom. The van der Waals surface area contributed by atoms with E-state index in [1.165, 1.54) is 18.3 Å². The zero-order valence-electron chi connectivity index (χ0n) is 14.1. The van der Waals surface area contributed by atoms with Gasteiger partial charge in [0.2, 0.25) is 0 Å². The van der Waals surface area contributed by atoms with Crippen molar-refractivity contribution >= 4 is 39.9 Å². The van der Waals surface area contributed by atoms with Gasteiger partial charge >= 0.3 is 0 Å². The molecular formula is C18H18F2IN3O3. The number of aliphatic hydroxyl groups is 2. The van der Waals surface area contributed by atoms with Crippen molar-refractivity contribution in [3.05, 3.63) is 51.4 Å². The third-order valence-electron chi connectivity index (χ3n) is 4.47. The highest BCUT2D eigenvalue weighted by Crippen LogP contribution is 2.26. The van der Waals surface area contributed by atoms with E-state index in [-0.39, 0.29) is 16.9 Å². The van der Waals surface area contributed by atoms with Crippen LogP contribution in [0.5, 0.6) is 0 Å². The molecule has 0 unspecified atom stereocenters. The van der Waals surface area contributed by atoms with E-state index >= 15 is 0 Å². The third-order valence-corrected chi connectivity index (χ3v) is 5.14. The lowest BCUT2D eigenvalue weighted by Gasteiger charge is -2.32. The first-order valence-corrected chi connectivity index (χ1v) is 9.47. The summed E-state index contributed by atoms with van der Waals surface area (Å²) < 4.78 is 29.1. The van der Waals surface area contributed by atoms with E-state index in [1.807, 2.05) is 22.6 Å². The average molecular weight is 489 g/mol. The standard InChI is InChI=1S/C18H18F2IN3O3/c19-10-6-9(21)4-5-12(10)23-14-8-22-7-11(20)16(14)18(27)24-13-2-1-3-15(25)17(13)26/h4-8,13,15,17,23,25-26H,1-3H2,(H,24,27)/t13-,15-,17+/m1/s1. The second kappa shape index (κ2) is 8.44. The van der Waals surface area contributed by atoms with Gasteiger partial charge in [0.25, 0.3) is 5.91 Å². The summed E-state index contributed by atoms with van der Waals surface area (Å²) in [6, 6.07) is 3.75. The van der Waals surface area contributed by atoms with Crippen LogP contribution in [0.4, 0.5) is 20.2 Å². The fourth-order valence-electron chi connectivity index (χ4n) is 3.05. The topological polar surface area (TPSA) is 94.5 Å². The van der Waals surface area contributed by atoms with Gasteiger partial charge in [0.1, 0.15) is 11.4 Å². The van der Waals surface area contributed by atoms with E-state index in [1.54, 1.807) is 6.07 Å². The van der Waals surface area contributed by atoms with Crippen LogP contribution in [0.15, 0.2) is 30.6 Å². The fraction of sp³-hybridized carbons (Fsp3) is 0.333. The lowest BCUT2D eigenvalue weighted by atomic mass is 9.90. The first-order chi connectivity index (χ1) is 12.9. The van der Waals surface area contributed by atoms with Crippen LogP contribution in [0.3, 0.4) is 0 Å². The average Bonchev–Trinajstić information content (AvgIpc) is 2.61. The van der Waals surface area contributed by atoms with E-state index in [0.29, 0.717) is 22.8 Å². The van der Waals surface area contributed by atoms with Crippen molar-refractivity contribution in [3.8, 4) is 0 Å². The molecule has 0 aliphatic heterocycles. The fourth-order valence-corrected chi connectivity index (χ4v) is 3.50. The Balaban J connectivity index is 1.85. The quantitative estimate of drug-likeness (QED) is 0.496. The molecule has 0 saturated heterocycles. The first kappa shape index (κ1) is 19.9. The Kier molecular flexibility index (Phi) is 6.22. The van der Waals surface area contributed by atoms with Crippen molar-refractivity contribution in [1.29, 1.82) is 0 Å². The van der Waals surface area contributed by atoms with Gasteiger partial charge in [-0.3, -0.25) is 9.78 Å². The molecule has 144 valence electrons. The second-order valence-electron chi connectivity index (χ2n) is 6.36. The summed E-state index contributed by atoms with van der Waals surface area (Å²) in [4.78, 5) is 16.3. The van der Waals surface area contributed by atoms with Crippen molar-refractivity contribution in [1.82, 2.24) is 10.3 Å². The summed E-state index contributed by atoms with van der Waals surface area (Å²) in [5.41, 5.74) is -0.265. The largest absolute Gasteiger partial charge is 0.390 e. The normalized spacial score (nSPS) is 22.3. The molecule has 1 heterocycles. The lowest BCUT2D eigenvalue weighted by molar-refractivity contribution is -0.0278. The Morgan fingerprint density at radius 2 is 1.93 bits per heavy atom. The van der Waals surface area contributed by atoms with Gasteiger partial charge in [0.05, 0.1) is 42.0 Å². The molecule has 2 aromatic rings. The number of hydrogen-bond donors (Lipinski definition) is 4. The number of amides is 1. The molecule has 1 aliphatic rings. The minimum atomic E-state index is -1.13. The van der Waals surface area contributed by atoms with Gasteiger partial charge in [0.15, 0.2) is 5.82 Å². The van der Waals surface area contributed by atoms with Gasteiger partial charge < -0.3 is 20.8 Å². The summed E-state index contributed by atoms with van der Waals surface area (Å²) >= 11 is 1.96. The van der Waals surface area contributed by atoms with Gasteiger partial charge in [-0.25, -0.2) is 8.78 Å². The maximum atomic E-state index is 14.3. The van der Waals surface area contributed by atoms with Crippen molar-refractivity contribution in [3.63, 3.8) is 0 Å². The van der Waals surface area contributed by atoms with Crippen molar-refractivity contribution < 1.29 is 23.8 Å². The Hall–Kier alpha value is -1.85. The second-order valence-corrected chi connectivity index (χ2v) is 7.61. The van der Waals surface area contributed by atoms with Crippen molar-refractivity contribution in [2.75, 3.05) is 5.32 Å². The minimum absolute atomic E-state index is 0.00143. The number of aliphatic hydroxyl groups excluding tert-OH is 2. The number of nitrogens with zero attached hydrogens (tertiary/aromatic N) is 1. The molecule has 1 aliphatic carbocycles. The number of aromatic nitrogens is 1. The predicted octanol–water partition coefficient (Wildman–Crippen LogP) is 2.71. The molecule has 1 fully saturated rings. The third kappa shape index (κ3) is 4.53. The van der Waals surface area contributed by atoms with Crippen molar-refractivity contribution in [2.24, 2.45) is 0 Å². The first-order valence-electron chi connectivity index (χ1n) is 8.39. The van der Waals surface area contributed by atoms with E-state index in [2.05, 4.69) is 15.6 Å². The van der Waals surface area contributed by atoms with Crippen LogP contribution in [-0.4, -0.2) is 39.4 Å². The molecule has 3 rings (SSSR count). The zero-order valence-corrected chi connectivity index (χ0v) is 16.3. The van der Waals surface area contributed by atoms with Crippen LogP contribution in [0.25, 0.3) is 0 Å². The Morgan fingerprint density at radius 1 is 1.15 bits per heavy atom. The maximum absolute atomic E-state index is 14.3. The van der Waals surface area contributed by atoms with Crippen molar-refractivity contribution in [2.45, 2.75) is 37.5 Å². The molecule has 4 N–H and O–H groups in total. The van der Waals surface area contributed by atoms with Crippen LogP contribution in [-0.2, 0) is 0 Å². The van der Waals surface area contributed by atoms with Crippen LogP contribution in [0, 0.1) is 15.2 Å². The Labute approximate surface area is 168 Å². The summed E-state index contributed by atoms with van der Waals surface area (Å²) in [6.45, 7) is 0. The molecule has 1 aromatic heterocycles. The van der Waals surface area contributed by atoms with Crippen LogP contribution < -0.4 is 10.6 Å². The highest BCUT2D eigenvalue weighted by molar-refractivity contribution is 14.1. The molecule has 1 aromatic carbocycles. The number of nitrogens with one attached hydrogen (secondary N) is 2. The summed E-state index contributed by atoms with van der Waals surface area (Å²) in [6.07, 6.45) is 1.57. The van der Waals surface area contributed by atoms with Gasteiger partial charge in [-0.1, -0.05) is 0 Å². The Bertz CT molecular complexity index is 853. The van der Waals surface area contributed by atoms with Gasteiger partial charge in [-0.2, -0.15) is 0 Å². The van der Waals surface area contributed by atoms with Crippen LogP contribution in [0.2, 0.25) is 0 Å². The summed E-state index contributed by atoms with van der Waals surface area (Å²) in [7, 11) is 0. The number of rotatable bonds is 4. The molecule has 0 bridgehead atoms. The SMILES string of the molecule is O=C(N[C@@H]1CCC[C@@H](O)[C@H]1O)c1c(F)cncc1Nc1ccc(I)cc1F. The summed E-state index contributed by atoms with van der Waals surface area (Å²) in [5, 5.41) is 25.0. The van der Waals surface area contributed by atoms with E-state index < -0.39 is 35.8 Å². The van der Waals surface area contributed by atoms with Gasteiger partial charge in [0, 0.05) is 3.57 Å². The minimum Gasteiger partial charge on any atom is -0.390 e. The number of carbonyl (C=O) groups is 1. The molecule has 3 atom stereocenters. The van der Waals surface area contributed by atoms with Crippen LogP contribution >= 0.6 is 22.6 Å². The molecule has 0 radical (unpaired) electrons. The molecule has 0 spiro atoms. The number of carbonyl (C=O) groups excluding carboxylic acids is 1. The molecule has 1 saturated carbocycles.